The van der Waals surface area contributed by atoms with Gasteiger partial charge in [-0.25, -0.2) is 4.98 Å². The zero-order valence-electron chi connectivity index (χ0n) is 15.1. The smallest absolute Gasteiger partial charge is 0.405 e. The van der Waals surface area contributed by atoms with E-state index < -0.39 is 6.36 Å². The maximum Gasteiger partial charge on any atom is 0.573 e. The van der Waals surface area contributed by atoms with E-state index in [1.54, 1.807) is 37.4 Å². The summed E-state index contributed by atoms with van der Waals surface area (Å²) >= 11 is 1.46. The Morgan fingerprint density at radius 2 is 1.86 bits per heavy atom. The maximum absolute atomic E-state index is 12.7. The number of ether oxygens (including phenoxy) is 1. The first kappa shape index (κ1) is 19.1. The second-order valence-electron chi connectivity index (χ2n) is 6.12. The lowest BCUT2D eigenvalue weighted by molar-refractivity contribution is -0.274. The number of aryl methyl sites for hydroxylation is 1. The molecule has 0 saturated carbocycles. The lowest BCUT2D eigenvalue weighted by atomic mass is 10.0. The Morgan fingerprint density at radius 1 is 1.07 bits per heavy atom. The molecule has 0 unspecified atom stereocenters. The van der Waals surface area contributed by atoms with Crippen LogP contribution in [0.3, 0.4) is 0 Å². The molecule has 0 atom stereocenters. The van der Waals surface area contributed by atoms with E-state index in [4.69, 9.17) is 0 Å². The van der Waals surface area contributed by atoms with Crippen molar-refractivity contribution in [1.82, 2.24) is 25.2 Å². The number of benzene rings is 2. The molecule has 0 radical (unpaired) electrons. The largest absolute Gasteiger partial charge is 0.573 e. The lowest BCUT2D eigenvalue weighted by Gasteiger charge is -2.13. The standard InChI is InChI=1S/C19H14F3N5OS/c1-27-25-17(24-26-27)10-18-23-15(11-29-18)13-6-4-5-12(9-13)14-7-2-3-8-16(14)28-19(20,21)22/h2-9,11H,10H2,1H3. The highest BCUT2D eigenvalue weighted by Gasteiger charge is 2.32. The van der Waals surface area contributed by atoms with Crippen LogP contribution >= 0.6 is 11.3 Å². The van der Waals surface area contributed by atoms with Gasteiger partial charge in [0.15, 0.2) is 5.82 Å². The van der Waals surface area contributed by atoms with E-state index in [9.17, 15) is 13.2 Å². The average molecular weight is 417 g/mol. The molecule has 2 heterocycles. The van der Waals surface area contributed by atoms with E-state index in [1.807, 2.05) is 11.4 Å². The van der Waals surface area contributed by atoms with E-state index in [2.05, 4.69) is 25.1 Å². The fourth-order valence-electron chi connectivity index (χ4n) is 2.82. The summed E-state index contributed by atoms with van der Waals surface area (Å²) in [5.74, 6) is 0.324. The van der Waals surface area contributed by atoms with Crippen LogP contribution in [0.2, 0.25) is 0 Å². The van der Waals surface area contributed by atoms with Crippen LogP contribution in [0, 0.1) is 0 Å². The third-order valence-electron chi connectivity index (χ3n) is 3.99. The minimum Gasteiger partial charge on any atom is -0.405 e. The van der Waals surface area contributed by atoms with Crippen LogP contribution in [0.15, 0.2) is 53.9 Å². The van der Waals surface area contributed by atoms with Crippen molar-refractivity contribution in [3.05, 3.63) is 64.7 Å². The normalized spacial score (nSPS) is 11.6. The van der Waals surface area contributed by atoms with E-state index in [-0.39, 0.29) is 5.75 Å². The molecule has 0 bridgehead atoms. The summed E-state index contributed by atoms with van der Waals surface area (Å²) in [5, 5.41) is 14.6. The second-order valence-corrected chi connectivity index (χ2v) is 7.07. The van der Waals surface area contributed by atoms with Crippen LogP contribution in [0.5, 0.6) is 5.75 Å². The van der Waals surface area contributed by atoms with Gasteiger partial charge in [-0.05, 0) is 22.9 Å². The molecule has 0 aliphatic heterocycles. The van der Waals surface area contributed by atoms with Crippen LogP contribution < -0.4 is 4.74 Å². The maximum atomic E-state index is 12.7. The summed E-state index contributed by atoms with van der Waals surface area (Å²) < 4.78 is 42.3. The summed E-state index contributed by atoms with van der Waals surface area (Å²) in [6.07, 6.45) is -4.30. The zero-order valence-corrected chi connectivity index (χ0v) is 15.9. The van der Waals surface area contributed by atoms with Gasteiger partial charge < -0.3 is 4.74 Å². The molecular weight excluding hydrogens is 403 g/mol. The van der Waals surface area contributed by atoms with Crippen molar-refractivity contribution < 1.29 is 17.9 Å². The minimum atomic E-state index is -4.76. The van der Waals surface area contributed by atoms with Crippen LogP contribution in [0.25, 0.3) is 22.4 Å². The Hall–Kier alpha value is -3.27. The third kappa shape index (κ3) is 4.60. The molecule has 0 saturated heterocycles. The number of para-hydroxylation sites is 1. The molecule has 0 spiro atoms. The molecule has 0 amide bonds. The molecule has 0 fully saturated rings. The Morgan fingerprint density at radius 3 is 2.62 bits per heavy atom. The average Bonchev–Trinajstić information content (AvgIpc) is 3.30. The van der Waals surface area contributed by atoms with Gasteiger partial charge in [-0.15, -0.1) is 34.7 Å². The highest BCUT2D eigenvalue weighted by Crippen LogP contribution is 2.35. The number of rotatable bonds is 5. The molecule has 4 aromatic rings. The summed E-state index contributed by atoms with van der Waals surface area (Å²) in [5.41, 5.74) is 2.47. The monoisotopic (exact) mass is 417 g/mol. The molecule has 0 aliphatic rings. The number of tetrazole rings is 1. The first-order valence-corrected chi connectivity index (χ1v) is 9.38. The summed E-state index contributed by atoms with van der Waals surface area (Å²) in [6.45, 7) is 0. The number of alkyl halides is 3. The van der Waals surface area contributed by atoms with Crippen LogP contribution in [-0.4, -0.2) is 31.6 Å². The molecule has 10 heteroatoms. The molecule has 2 aromatic carbocycles. The Kier molecular flexibility index (Phi) is 5.01. The Labute approximate surface area is 167 Å². The molecule has 6 nitrogen and oxygen atoms in total. The fourth-order valence-corrected chi connectivity index (χ4v) is 3.62. The first-order chi connectivity index (χ1) is 13.9. The SMILES string of the molecule is Cn1nnc(Cc2nc(-c3cccc(-c4ccccc4OC(F)(F)F)c3)cs2)n1. The summed E-state index contributed by atoms with van der Waals surface area (Å²) in [6, 6.07) is 13.2. The molecule has 4 rings (SSSR count). The second kappa shape index (κ2) is 7.63. The Bertz CT molecular complexity index is 1140. The van der Waals surface area contributed by atoms with E-state index >= 15 is 0 Å². The predicted octanol–water partition coefficient (Wildman–Crippen LogP) is 4.49. The Balaban J connectivity index is 1.62. The highest BCUT2D eigenvalue weighted by atomic mass is 32.1. The number of nitrogens with zero attached hydrogens (tertiary/aromatic N) is 5. The van der Waals surface area contributed by atoms with Crippen LogP contribution in [0.1, 0.15) is 10.8 Å². The number of hydrogen-bond acceptors (Lipinski definition) is 6. The number of thiazole rings is 1. The predicted molar refractivity (Wildman–Crippen MR) is 101 cm³/mol. The highest BCUT2D eigenvalue weighted by molar-refractivity contribution is 7.10. The number of halogens is 3. The van der Waals surface area contributed by atoms with Gasteiger partial charge in [-0.2, -0.15) is 4.80 Å². The first-order valence-electron chi connectivity index (χ1n) is 8.50. The van der Waals surface area contributed by atoms with Crippen molar-refractivity contribution >= 4 is 11.3 Å². The van der Waals surface area contributed by atoms with Gasteiger partial charge in [-0.1, -0.05) is 36.4 Å². The van der Waals surface area contributed by atoms with Crippen molar-refractivity contribution in [2.45, 2.75) is 12.8 Å². The quantitative estimate of drug-likeness (QED) is 0.479. The number of hydrogen-bond donors (Lipinski definition) is 0. The molecule has 0 aliphatic carbocycles. The summed E-state index contributed by atoms with van der Waals surface area (Å²) in [7, 11) is 1.69. The van der Waals surface area contributed by atoms with Gasteiger partial charge in [0.2, 0.25) is 0 Å². The van der Waals surface area contributed by atoms with Gasteiger partial charge in [0, 0.05) is 16.5 Å². The molecule has 29 heavy (non-hydrogen) atoms. The third-order valence-corrected chi connectivity index (χ3v) is 4.84. The van der Waals surface area contributed by atoms with Gasteiger partial charge >= 0.3 is 6.36 Å². The minimum absolute atomic E-state index is 0.246. The van der Waals surface area contributed by atoms with Crippen molar-refractivity contribution in [3.63, 3.8) is 0 Å². The molecule has 0 N–H and O–H groups in total. The topological polar surface area (TPSA) is 65.7 Å². The molecular formula is C19H14F3N5OS. The van der Waals surface area contributed by atoms with Gasteiger partial charge in [0.1, 0.15) is 10.8 Å². The van der Waals surface area contributed by atoms with E-state index in [0.717, 1.165) is 16.3 Å². The van der Waals surface area contributed by atoms with E-state index in [0.29, 0.717) is 23.4 Å². The molecule has 2 aromatic heterocycles. The van der Waals surface area contributed by atoms with Crippen LogP contribution in [0.4, 0.5) is 13.2 Å². The fraction of sp³-hybridized carbons (Fsp3) is 0.158. The van der Waals surface area contributed by atoms with Crippen molar-refractivity contribution in [1.29, 1.82) is 0 Å². The van der Waals surface area contributed by atoms with Gasteiger partial charge in [-0.3, -0.25) is 0 Å². The lowest BCUT2D eigenvalue weighted by Crippen LogP contribution is -2.17. The van der Waals surface area contributed by atoms with Crippen molar-refractivity contribution in [2.75, 3.05) is 0 Å². The number of aromatic nitrogens is 5. The van der Waals surface area contributed by atoms with Crippen molar-refractivity contribution in [3.8, 4) is 28.1 Å². The molecule has 148 valence electrons. The van der Waals surface area contributed by atoms with Crippen LogP contribution in [-0.2, 0) is 13.5 Å². The van der Waals surface area contributed by atoms with E-state index in [1.165, 1.54) is 28.3 Å². The van der Waals surface area contributed by atoms with Gasteiger partial charge in [0.25, 0.3) is 0 Å². The van der Waals surface area contributed by atoms with Crippen molar-refractivity contribution in [2.24, 2.45) is 7.05 Å². The zero-order chi connectivity index (χ0) is 20.4. The van der Waals surface area contributed by atoms with Gasteiger partial charge in [0.05, 0.1) is 19.2 Å². The summed E-state index contributed by atoms with van der Waals surface area (Å²) in [4.78, 5) is 5.97.